The van der Waals surface area contributed by atoms with Crippen LogP contribution in [0.25, 0.3) is 0 Å². The molecular formula is C24H34N6O2. The average molecular weight is 439 g/mol. The van der Waals surface area contributed by atoms with E-state index in [-0.39, 0.29) is 17.7 Å². The van der Waals surface area contributed by atoms with Crippen LogP contribution in [-0.4, -0.2) is 67.5 Å². The van der Waals surface area contributed by atoms with Crippen LogP contribution in [0.4, 0.5) is 0 Å². The van der Waals surface area contributed by atoms with Crippen molar-refractivity contribution in [2.45, 2.75) is 71.8 Å². The van der Waals surface area contributed by atoms with Crippen LogP contribution in [0, 0.1) is 20.8 Å². The van der Waals surface area contributed by atoms with E-state index in [4.69, 9.17) is 0 Å². The Balaban J connectivity index is 1.33. The van der Waals surface area contributed by atoms with E-state index in [0.717, 1.165) is 81.2 Å². The van der Waals surface area contributed by atoms with Crippen molar-refractivity contribution in [3.8, 4) is 0 Å². The largest absolute Gasteiger partial charge is 0.342 e. The molecule has 0 saturated carbocycles. The Kier molecular flexibility index (Phi) is 6.86. The molecule has 2 amide bonds. The molecule has 4 heterocycles. The number of carbonyl (C=O) groups is 2. The van der Waals surface area contributed by atoms with Crippen molar-refractivity contribution in [2.75, 3.05) is 26.2 Å². The van der Waals surface area contributed by atoms with E-state index in [2.05, 4.69) is 21.1 Å². The van der Waals surface area contributed by atoms with Crippen molar-refractivity contribution in [2.24, 2.45) is 0 Å². The molecule has 2 aliphatic heterocycles. The van der Waals surface area contributed by atoms with Crippen LogP contribution < -0.4 is 0 Å². The van der Waals surface area contributed by atoms with E-state index in [1.54, 1.807) is 6.20 Å². The topological polar surface area (TPSA) is 84.2 Å². The minimum Gasteiger partial charge on any atom is -0.342 e. The molecule has 0 bridgehead atoms. The average Bonchev–Trinajstić information content (AvgIpc) is 3.43. The first-order valence-corrected chi connectivity index (χ1v) is 11.8. The number of amides is 2. The fraction of sp³-hybridized carbons (Fsp3) is 0.625. The molecule has 0 unspecified atom stereocenters. The third-order valence-electron chi connectivity index (χ3n) is 6.62. The van der Waals surface area contributed by atoms with Crippen molar-refractivity contribution in [3.63, 3.8) is 0 Å². The van der Waals surface area contributed by atoms with Crippen LogP contribution in [0.5, 0.6) is 0 Å². The van der Waals surface area contributed by atoms with Gasteiger partial charge in [0.1, 0.15) is 5.82 Å². The summed E-state index contributed by atoms with van der Waals surface area (Å²) < 4.78 is 1.98. The Bertz CT molecular complexity index is 979. The van der Waals surface area contributed by atoms with Crippen LogP contribution in [0.2, 0.25) is 0 Å². The number of piperidine rings is 1. The zero-order chi connectivity index (χ0) is 22.7. The van der Waals surface area contributed by atoms with Gasteiger partial charge in [-0.05, 0) is 58.9 Å². The molecular weight excluding hydrogens is 404 g/mol. The zero-order valence-corrected chi connectivity index (χ0v) is 19.5. The van der Waals surface area contributed by atoms with Gasteiger partial charge in [-0.3, -0.25) is 14.3 Å². The summed E-state index contributed by atoms with van der Waals surface area (Å²) in [5.74, 6) is 1.10. The number of carbonyl (C=O) groups excluding carboxylic acids is 2. The normalized spacial score (nSPS) is 18.9. The Morgan fingerprint density at radius 1 is 1.06 bits per heavy atom. The Hall–Kier alpha value is -2.77. The number of aryl methyl sites for hydroxylation is 4. The van der Waals surface area contributed by atoms with E-state index in [1.165, 1.54) is 0 Å². The van der Waals surface area contributed by atoms with E-state index >= 15 is 0 Å². The molecule has 2 aromatic rings. The van der Waals surface area contributed by atoms with Gasteiger partial charge in [0.2, 0.25) is 5.91 Å². The number of likely N-dealkylation sites (tertiary alicyclic amines) is 2. The van der Waals surface area contributed by atoms with Gasteiger partial charge in [0.05, 0.1) is 17.0 Å². The van der Waals surface area contributed by atoms with E-state index < -0.39 is 0 Å². The lowest BCUT2D eigenvalue weighted by Gasteiger charge is -2.32. The highest BCUT2D eigenvalue weighted by molar-refractivity contribution is 5.95. The summed E-state index contributed by atoms with van der Waals surface area (Å²) in [6, 6.07) is 2.06. The number of hydrogen-bond acceptors (Lipinski definition) is 5. The van der Waals surface area contributed by atoms with E-state index in [9.17, 15) is 9.59 Å². The summed E-state index contributed by atoms with van der Waals surface area (Å²) in [5.41, 5.74) is 3.48. The molecule has 0 N–H and O–H groups in total. The smallest absolute Gasteiger partial charge is 0.257 e. The number of aromatic nitrogens is 4. The maximum absolute atomic E-state index is 12.8. The monoisotopic (exact) mass is 438 g/mol. The van der Waals surface area contributed by atoms with Crippen LogP contribution in [-0.2, 0) is 11.3 Å². The lowest BCUT2D eigenvalue weighted by molar-refractivity contribution is -0.132. The molecule has 2 fully saturated rings. The van der Waals surface area contributed by atoms with Crippen LogP contribution in [0.1, 0.15) is 77.7 Å². The molecule has 0 aliphatic carbocycles. The Morgan fingerprint density at radius 2 is 1.81 bits per heavy atom. The fourth-order valence-electron chi connectivity index (χ4n) is 4.84. The molecule has 2 aromatic heterocycles. The maximum atomic E-state index is 12.8. The first kappa shape index (κ1) is 22.4. The maximum Gasteiger partial charge on any atom is 0.257 e. The highest BCUT2D eigenvalue weighted by Crippen LogP contribution is 2.26. The van der Waals surface area contributed by atoms with Gasteiger partial charge in [0, 0.05) is 57.0 Å². The van der Waals surface area contributed by atoms with Gasteiger partial charge >= 0.3 is 0 Å². The van der Waals surface area contributed by atoms with Crippen molar-refractivity contribution < 1.29 is 9.59 Å². The quantitative estimate of drug-likeness (QED) is 0.692. The molecule has 0 radical (unpaired) electrons. The third-order valence-corrected chi connectivity index (χ3v) is 6.62. The summed E-state index contributed by atoms with van der Waals surface area (Å²) in [7, 11) is 0. The van der Waals surface area contributed by atoms with Crippen LogP contribution >= 0.6 is 0 Å². The van der Waals surface area contributed by atoms with Crippen molar-refractivity contribution in [1.29, 1.82) is 0 Å². The van der Waals surface area contributed by atoms with Crippen molar-refractivity contribution in [1.82, 2.24) is 29.5 Å². The first-order valence-electron chi connectivity index (χ1n) is 11.8. The highest BCUT2D eigenvalue weighted by Gasteiger charge is 2.28. The summed E-state index contributed by atoms with van der Waals surface area (Å²) in [5, 5.41) is 4.47. The predicted octanol–water partition coefficient (Wildman–Crippen LogP) is 3.02. The minimum atomic E-state index is 0.0367. The first-order chi connectivity index (χ1) is 15.4. The lowest BCUT2D eigenvalue weighted by Crippen LogP contribution is -2.39. The summed E-state index contributed by atoms with van der Waals surface area (Å²) in [6.45, 7) is 9.76. The van der Waals surface area contributed by atoms with Gasteiger partial charge in [0.15, 0.2) is 0 Å². The standard InChI is InChI=1S/C24H34N6O2/c1-17-14-18(2)30(27-17)13-7-9-22(31)29-12-6-8-20(16-29)23-25-15-21(19(3)26-23)24(32)28-10-4-5-11-28/h14-15,20H,4-13,16H2,1-3H3/t20-/m0/s1. The molecule has 8 nitrogen and oxygen atoms in total. The van der Waals surface area contributed by atoms with Crippen LogP contribution in [0.3, 0.4) is 0 Å². The molecule has 4 rings (SSSR count). The van der Waals surface area contributed by atoms with Crippen molar-refractivity contribution in [3.05, 3.63) is 40.7 Å². The van der Waals surface area contributed by atoms with E-state index in [0.29, 0.717) is 18.5 Å². The van der Waals surface area contributed by atoms with Gasteiger partial charge in [-0.1, -0.05) is 0 Å². The molecule has 0 aromatic carbocycles. The predicted molar refractivity (Wildman–Crippen MR) is 121 cm³/mol. The lowest BCUT2D eigenvalue weighted by atomic mass is 9.96. The second kappa shape index (κ2) is 9.79. The molecule has 8 heteroatoms. The van der Waals surface area contributed by atoms with Gasteiger partial charge in [-0.2, -0.15) is 5.10 Å². The van der Waals surface area contributed by atoms with Crippen LogP contribution in [0.15, 0.2) is 12.3 Å². The molecule has 2 saturated heterocycles. The Morgan fingerprint density at radius 3 is 2.50 bits per heavy atom. The van der Waals surface area contributed by atoms with Gasteiger partial charge in [-0.25, -0.2) is 9.97 Å². The molecule has 2 aliphatic rings. The van der Waals surface area contributed by atoms with Crippen molar-refractivity contribution >= 4 is 11.8 Å². The van der Waals surface area contributed by atoms with Gasteiger partial charge < -0.3 is 9.80 Å². The summed E-state index contributed by atoms with van der Waals surface area (Å²) >= 11 is 0. The minimum absolute atomic E-state index is 0.0367. The third kappa shape index (κ3) is 5.00. The van der Waals surface area contributed by atoms with Gasteiger partial charge in [-0.15, -0.1) is 0 Å². The molecule has 1 atom stereocenters. The molecule has 172 valence electrons. The highest BCUT2D eigenvalue weighted by atomic mass is 16.2. The molecule has 32 heavy (non-hydrogen) atoms. The summed E-state index contributed by atoms with van der Waals surface area (Å²) in [6.07, 6.45) is 7.04. The van der Waals surface area contributed by atoms with Gasteiger partial charge in [0.25, 0.3) is 5.91 Å². The SMILES string of the molecule is Cc1cc(C)n(CCCC(=O)N2CCC[C@H](c3ncc(C(=O)N4CCCC4)c(C)n3)C2)n1. The molecule has 0 spiro atoms. The fourth-order valence-corrected chi connectivity index (χ4v) is 4.84. The second-order valence-corrected chi connectivity index (χ2v) is 9.16. The number of hydrogen-bond donors (Lipinski definition) is 0. The van der Waals surface area contributed by atoms with E-state index in [1.807, 2.05) is 35.3 Å². The summed E-state index contributed by atoms with van der Waals surface area (Å²) in [4.78, 5) is 38.6. The zero-order valence-electron chi connectivity index (χ0n) is 19.5. The second-order valence-electron chi connectivity index (χ2n) is 9.16. The number of nitrogens with zero attached hydrogens (tertiary/aromatic N) is 6. The Labute approximate surface area is 190 Å². The number of rotatable bonds is 6.